The SMILES string of the molecule is CC(=O)O.CC(=O)O.Oc1ccc2cc3ccccc3c(O)c2c1. The highest BCUT2D eigenvalue weighted by Crippen LogP contribution is 2.35. The lowest BCUT2D eigenvalue weighted by molar-refractivity contribution is -0.135. The van der Waals surface area contributed by atoms with E-state index >= 15 is 0 Å². The molecule has 24 heavy (non-hydrogen) atoms. The molecule has 4 N–H and O–H groups in total. The molecule has 0 aliphatic carbocycles. The van der Waals surface area contributed by atoms with E-state index in [0.717, 1.165) is 30.0 Å². The Hall–Kier alpha value is -3.28. The summed E-state index contributed by atoms with van der Waals surface area (Å²) in [5.41, 5.74) is 0. The van der Waals surface area contributed by atoms with Crippen molar-refractivity contribution in [3.05, 3.63) is 48.5 Å². The molecule has 0 aliphatic heterocycles. The maximum absolute atomic E-state index is 10.1. The smallest absolute Gasteiger partial charge is 0.300 e. The highest BCUT2D eigenvalue weighted by atomic mass is 16.4. The zero-order valence-corrected chi connectivity index (χ0v) is 13.2. The average molecular weight is 330 g/mol. The molecule has 6 nitrogen and oxygen atoms in total. The Labute approximate surface area is 138 Å². The minimum Gasteiger partial charge on any atom is -0.508 e. The Morgan fingerprint density at radius 2 is 1.25 bits per heavy atom. The molecule has 0 atom stereocenters. The third kappa shape index (κ3) is 5.49. The number of aliphatic carboxylic acids is 2. The van der Waals surface area contributed by atoms with Gasteiger partial charge in [0, 0.05) is 24.6 Å². The van der Waals surface area contributed by atoms with Crippen molar-refractivity contribution in [2.24, 2.45) is 0 Å². The number of rotatable bonds is 0. The minimum absolute atomic E-state index is 0.165. The number of hydrogen-bond donors (Lipinski definition) is 4. The van der Waals surface area contributed by atoms with Gasteiger partial charge in [0.1, 0.15) is 11.5 Å². The standard InChI is InChI=1S/C14H10O2.2C2H4O2/c15-11-6-5-10-7-9-3-1-2-4-12(9)14(16)13(10)8-11;2*1-2(3)4/h1-8,15-16H;2*1H3,(H,3,4). The van der Waals surface area contributed by atoms with Crippen molar-refractivity contribution >= 4 is 33.5 Å². The summed E-state index contributed by atoms with van der Waals surface area (Å²) < 4.78 is 0. The van der Waals surface area contributed by atoms with Gasteiger partial charge >= 0.3 is 0 Å². The Balaban J connectivity index is 0.000000306. The Kier molecular flexibility index (Phi) is 6.55. The third-order valence-electron chi connectivity index (χ3n) is 2.82. The van der Waals surface area contributed by atoms with Gasteiger partial charge in [0.2, 0.25) is 0 Å². The predicted octanol–water partition coefficient (Wildman–Crippen LogP) is 3.59. The summed E-state index contributed by atoms with van der Waals surface area (Å²) in [6.45, 7) is 2.17. The summed E-state index contributed by atoms with van der Waals surface area (Å²) in [6, 6.07) is 14.7. The van der Waals surface area contributed by atoms with Crippen LogP contribution in [0.25, 0.3) is 21.5 Å². The third-order valence-corrected chi connectivity index (χ3v) is 2.82. The van der Waals surface area contributed by atoms with Gasteiger partial charge in [-0.3, -0.25) is 9.59 Å². The van der Waals surface area contributed by atoms with Crippen LogP contribution in [0.3, 0.4) is 0 Å². The molecule has 0 heterocycles. The van der Waals surface area contributed by atoms with Crippen molar-refractivity contribution in [3.63, 3.8) is 0 Å². The molecular weight excluding hydrogens is 312 g/mol. The van der Waals surface area contributed by atoms with Gasteiger partial charge in [-0.05, 0) is 29.0 Å². The summed E-state index contributed by atoms with van der Waals surface area (Å²) in [5.74, 6) is -1.28. The van der Waals surface area contributed by atoms with E-state index in [2.05, 4.69) is 0 Å². The number of hydrogen-bond acceptors (Lipinski definition) is 4. The Morgan fingerprint density at radius 1 is 0.750 bits per heavy atom. The van der Waals surface area contributed by atoms with E-state index < -0.39 is 11.9 Å². The summed E-state index contributed by atoms with van der Waals surface area (Å²) in [7, 11) is 0. The van der Waals surface area contributed by atoms with E-state index in [4.69, 9.17) is 19.8 Å². The molecule has 3 rings (SSSR count). The molecule has 0 amide bonds. The summed E-state index contributed by atoms with van der Waals surface area (Å²) in [6.07, 6.45) is 0. The van der Waals surface area contributed by atoms with Crippen molar-refractivity contribution in [1.29, 1.82) is 0 Å². The van der Waals surface area contributed by atoms with E-state index in [1.807, 2.05) is 30.3 Å². The van der Waals surface area contributed by atoms with E-state index in [1.54, 1.807) is 18.2 Å². The largest absolute Gasteiger partial charge is 0.508 e. The topological polar surface area (TPSA) is 115 Å². The van der Waals surface area contributed by atoms with Crippen LogP contribution < -0.4 is 0 Å². The molecule has 0 aliphatic rings. The fourth-order valence-corrected chi connectivity index (χ4v) is 2.03. The van der Waals surface area contributed by atoms with Gasteiger partial charge < -0.3 is 20.4 Å². The van der Waals surface area contributed by atoms with E-state index in [0.29, 0.717) is 5.39 Å². The van der Waals surface area contributed by atoms with Gasteiger partial charge in [-0.15, -0.1) is 0 Å². The van der Waals surface area contributed by atoms with Crippen LogP contribution in [0.5, 0.6) is 11.5 Å². The first-order valence-corrected chi connectivity index (χ1v) is 6.95. The van der Waals surface area contributed by atoms with E-state index in [9.17, 15) is 10.2 Å². The molecule has 3 aromatic carbocycles. The summed E-state index contributed by atoms with van der Waals surface area (Å²) in [4.78, 5) is 18.0. The first-order valence-electron chi connectivity index (χ1n) is 6.95. The molecule has 0 aromatic heterocycles. The summed E-state index contributed by atoms with van der Waals surface area (Å²) in [5, 5.41) is 37.8. The molecule has 0 bridgehead atoms. The number of aromatic hydroxyl groups is 2. The van der Waals surface area contributed by atoms with Gasteiger partial charge in [-0.25, -0.2) is 0 Å². The zero-order chi connectivity index (χ0) is 18.3. The second-order valence-corrected chi connectivity index (χ2v) is 4.89. The van der Waals surface area contributed by atoms with Gasteiger partial charge in [0.15, 0.2) is 0 Å². The van der Waals surface area contributed by atoms with Gasteiger partial charge in [-0.1, -0.05) is 30.3 Å². The predicted molar refractivity (Wildman–Crippen MR) is 91.4 cm³/mol. The van der Waals surface area contributed by atoms with E-state index in [-0.39, 0.29) is 11.5 Å². The highest BCUT2D eigenvalue weighted by Gasteiger charge is 2.06. The van der Waals surface area contributed by atoms with Crippen LogP contribution >= 0.6 is 0 Å². The summed E-state index contributed by atoms with van der Waals surface area (Å²) >= 11 is 0. The molecule has 0 radical (unpaired) electrons. The van der Waals surface area contributed by atoms with Crippen LogP contribution in [-0.4, -0.2) is 32.4 Å². The number of benzene rings is 3. The Bertz CT molecular complexity index is 850. The van der Waals surface area contributed by atoms with Crippen LogP contribution in [-0.2, 0) is 9.59 Å². The quantitative estimate of drug-likeness (QED) is 0.468. The molecule has 126 valence electrons. The van der Waals surface area contributed by atoms with Crippen molar-refractivity contribution in [2.75, 3.05) is 0 Å². The van der Waals surface area contributed by atoms with Gasteiger partial charge in [0.05, 0.1) is 0 Å². The molecule has 0 saturated heterocycles. The van der Waals surface area contributed by atoms with Gasteiger partial charge in [-0.2, -0.15) is 0 Å². The number of phenolic OH excluding ortho intramolecular Hbond substituents is 2. The second kappa shape index (κ2) is 8.38. The van der Waals surface area contributed by atoms with Crippen LogP contribution in [0.4, 0.5) is 0 Å². The Morgan fingerprint density at radius 3 is 1.83 bits per heavy atom. The fraction of sp³-hybridized carbons (Fsp3) is 0.111. The van der Waals surface area contributed by atoms with E-state index in [1.165, 1.54) is 0 Å². The van der Waals surface area contributed by atoms with Crippen LogP contribution in [0.15, 0.2) is 48.5 Å². The van der Waals surface area contributed by atoms with Crippen molar-refractivity contribution < 1.29 is 30.0 Å². The molecular formula is C18H18O6. The maximum atomic E-state index is 10.1. The average Bonchev–Trinajstić information content (AvgIpc) is 2.47. The monoisotopic (exact) mass is 330 g/mol. The zero-order valence-electron chi connectivity index (χ0n) is 13.2. The molecule has 0 spiro atoms. The lowest BCUT2D eigenvalue weighted by atomic mass is 10.0. The number of carbonyl (C=O) groups is 2. The van der Waals surface area contributed by atoms with Crippen molar-refractivity contribution in [3.8, 4) is 11.5 Å². The number of carboxylic acid groups (broad SMARTS) is 2. The fourth-order valence-electron chi connectivity index (χ4n) is 2.03. The molecule has 0 saturated carbocycles. The first-order chi connectivity index (χ1) is 11.2. The second-order valence-electron chi connectivity index (χ2n) is 4.89. The van der Waals surface area contributed by atoms with Crippen molar-refractivity contribution in [2.45, 2.75) is 13.8 Å². The number of fused-ring (bicyclic) bond motifs is 2. The maximum Gasteiger partial charge on any atom is 0.300 e. The van der Waals surface area contributed by atoms with Gasteiger partial charge in [0.25, 0.3) is 11.9 Å². The molecule has 3 aromatic rings. The molecule has 0 unspecified atom stereocenters. The number of carboxylic acids is 2. The first kappa shape index (κ1) is 18.8. The van der Waals surface area contributed by atoms with Crippen molar-refractivity contribution in [1.82, 2.24) is 0 Å². The lowest BCUT2D eigenvalue weighted by Gasteiger charge is -2.06. The normalized spacial score (nSPS) is 9.42. The van der Waals surface area contributed by atoms with Crippen LogP contribution in [0.2, 0.25) is 0 Å². The lowest BCUT2D eigenvalue weighted by Crippen LogP contribution is -1.78. The molecule has 0 fully saturated rings. The van der Waals surface area contributed by atoms with Crippen LogP contribution in [0.1, 0.15) is 13.8 Å². The van der Waals surface area contributed by atoms with Crippen LogP contribution in [0, 0.1) is 0 Å². The highest BCUT2D eigenvalue weighted by molar-refractivity contribution is 6.05. The minimum atomic E-state index is -0.833. The number of phenols is 2. The molecule has 6 heteroatoms.